The Hall–Kier alpha value is -3.41. The zero-order valence-electron chi connectivity index (χ0n) is 16.4. The maximum Gasteiger partial charge on any atom is 0.238 e. The highest BCUT2D eigenvalue weighted by Crippen LogP contribution is 2.45. The maximum atomic E-state index is 13.4. The number of amides is 2. The SMILES string of the molecule is CN1C(=O)C(CC(=O)NCCn2ccnc2)(Cc2ccccc2)c2ccccc21. The van der Waals surface area contributed by atoms with Gasteiger partial charge in [0.1, 0.15) is 0 Å². The summed E-state index contributed by atoms with van der Waals surface area (Å²) in [5.41, 5.74) is 1.93. The molecule has 4 rings (SSSR count). The first-order valence-corrected chi connectivity index (χ1v) is 9.74. The van der Waals surface area contributed by atoms with E-state index in [9.17, 15) is 9.59 Å². The molecule has 0 radical (unpaired) electrons. The molecule has 1 aliphatic heterocycles. The Morgan fingerprint density at radius 2 is 1.86 bits per heavy atom. The molecule has 1 aliphatic rings. The molecule has 3 aromatic rings. The van der Waals surface area contributed by atoms with Crippen molar-refractivity contribution in [3.63, 3.8) is 0 Å². The zero-order valence-corrected chi connectivity index (χ0v) is 16.4. The van der Waals surface area contributed by atoms with Gasteiger partial charge in [0.2, 0.25) is 11.8 Å². The van der Waals surface area contributed by atoms with Crippen LogP contribution in [0.5, 0.6) is 0 Å². The van der Waals surface area contributed by atoms with E-state index in [-0.39, 0.29) is 18.2 Å². The third kappa shape index (κ3) is 3.66. The number of carbonyl (C=O) groups is 2. The zero-order chi connectivity index (χ0) is 20.3. The number of imidazole rings is 1. The molecule has 2 aromatic carbocycles. The first-order chi connectivity index (χ1) is 14.1. The summed E-state index contributed by atoms with van der Waals surface area (Å²) in [4.78, 5) is 32.0. The Bertz CT molecular complexity index is 1000. The van der Waals surface area contributed by atoms with E-state index in [1.165, 1.54) is 0 Å². The van der Waals surface area contributed by atoms with Crippen molar-refractivity contribution in [3.05, 3.63) is 84.4 Å². The second-order valence-corrected chi connectivity index (χ2v) is 7.45. The number of rotatable bonds is 7. The van der Waals surface area contributed by atoms with Gasteiger partial charge in [-0.15, -0.1) is 0 Å². The molecule has 0 bridgehead atoms. The van der Waals surface area contributed by atoms with E-state index in [0.29, 0.717) is 19.5 Å². The van der Waals surface area contributed by atoms with Gasteiger partial charge in [-0.25, -0.2) is 4.98 Å². The number of likely N-dealkylation sites (N-methyl/N-ethyl adjacent to an activating group) is 1. The number of fused-ring (bicyclic) bond motifs is 1. The number of anilines is 1. The molecule has 6 heteroatoms. The van der Waals surface area contributed by atoms with Gasteiger partial charge in [-0.1, -0.05) is 48.5 Å². The third-order valence-corrected chi connectivity index (χ3v) is 5.56. The molecule has 0 fully saturated rings. The predicted molar refractivity (Wildman–Crippen MR) is 112 cm³/mol. The monoisotopic (exact) mass is 388 g/mol. The van der Waals surface area contributed by atoms with Crippen molar-refractivity contribution in [2.24, 2.45) is 0 Å². The van der Waals surface area contributed by atoms with E-state index in [2.05, 4.69) is 10.3 Å². The van der Waals surface area contributed by atoms with E-state index in [0.717, 1.165) is 16.8 Å². The van der Waals surface area contributed by atoms with E-state index in [1.807, 2.05) is 65.4 Å². The molecule has 2 amide bonds. The summed E-state index contributed by atoms with van der Waals surface area (Å²) in [6.07, 6.45) is 5.89. The van der Waals surface area contributed by atoms with Crippen LogP contribution in [0.2, 0.25) is 0 Å². The van der Waals surface area contributed by atoms with Crippen LogP contribution in [0.3, 0.4) is 0 Å². The number of para-hydroxylation sites is 1. The minimum absolute atomic E-state index is 0.0349. The first-order valence-electron chi connectivity index (χ1n) is 9.74. The normalized spacial score (nSPS) is 18.0. The average molecular weight is 388 g/mol. The molecule has 1 aromatic heterocycles. The van der Waals surface area contributed by atoms with Crippen LogP contribution in [-0.4, -0.2) is 35.0 Å². The van der Waals surface area contributed by atoms with Crippen molar-refractivity contribution in [1.29, 1.82) is 0 Å². The fourth-order valence-corrected chi connectivity index (χ4v) is 4.14. The van der Waals surface area contributed by atoms with Crippen LogP contribution in [0.15, 0.2) is 73.3 Å². The van der Waals surface area contributed by atoms with Crippen LogP contribution >= 0.6 is 0 Å². The minimum atomic E-state index is -0.897. The van der Waals surface area contributed by atoms with Crippen LogP contribution in [0.25, 0.3) is 0 Å². The summed E-state index contributed by atoms with van der Waals surface area (Å²) in [5, 5.41) is 2.97. The molecule has 29 heavy (non-hydrogen) atoms. The van der Waals surface area contributed by atoms with E-state index >= 15 is 0 Å². The number of aromatic nitrogens is 2. The molecule has 6 nitrogen and oxygen atoms in total. The summed E-state index contributed by atoms with van der Waals surface area (Å²) in [6, 6.07) is 17.7. The van der Waals surface area contributed by atoms with Gasteiger partial charge in [-0.3, -0.25) is 9.59 Å². The fraction of sp³-hybridized carbons (Fsp3) is 0.261. The van der Waals surface area contributed by atoms with Gasteiger partial charge in [-0.05, 0) is 23.6 Å². The van der Waals surface area contributed by atoms with Crippen LogP contribution in [0.1, 0.15) is 17.5 Å². The second kappa shape index (κ2) is 7.91. The summed E-state index contributed by atoms with van der Waals surface area (Å²) < 4.78 is 1.91. The molecule has 1 N–H and O–H groups in total. The number of hydrogen-bond acceptors (Lipinski definition) is 3. The lowest BCUT2D eigenvalue weighted by Gasteiger charge is -2.28. The number of nitrogens with one attached hydrogen (secondary N) is 1. The molecule has 1 atom stereocenters. The van der Waals surface area contributed by atoms with Crippen molar-refractivity contribution < 1.29 is 9.59 Å². The number of carbonyl (C=O) groups excluding carboxylic acids is 2. The molecule has 1 unspecified atom stereocenters. The summed E-state index contributed by atoms with van der Waals surface area (Å²) in [6.45, 7) is 1.13. The highest BCUT2D eigenvalue weighted by molar-refractivity contribution is 6.09. The number of nitrogens with zero attached hydrogens (tertiary/aromatic N) is 3. The van der Waals surface area contributed by atoms with Crippen LogP contribution < -0.4 is 10.2 Å². The molecule has 0 spiro atoms. The third-order valence-electron chi connectivity index (χ3n) is 5.56. The van der Waals surface area contributed by atoms with Crippen LogP contribution in [-0.2, 0) is 28.0 Å². The largest absolute Gasteiger partial charge is 0.354 e. The van der Waals surface area contributed by atoms with Gasteiger partial charge in [-0.2, -0.15) is 0 Å². The van der Waals surface area contributed by atoms with Crippen molar-refractivity contribution >= 4 is 17.5 Å². The molecule has 2 heterocycles. The van der Waals surface area contributed by atoms with Gasteiger partial charge in [0.25, 0.3) is 0 Å². The predicted octanol–water partition coefficient (Wildman–Crippen LogP) is 2.55. The standard InChI is InChI=1S/C23H24N4O2/c1-26-20-10-6-5-9-19(20)23(22(26)29,15-18-7-3-2-4-8-18)16-21(28)25-12-14-27-13-11-24-17-27/h2-11,13,17H,12,14-16H2,1H3,(H,25,28). The van der Waals surface area contributed by atoms with Gasteiger partial charge < -0.3 is 14.8 Å². The summed E-state index contributed by atoms with van der Waals surface area (Å²) in [7, 11) is 1.78. The molecule has 0 saturated carbocycles. The summed E-state index contributed by atoms with van der Waals surface area (Å²) in [5.74, 6) is -0.160. The lowest BCUT2D eigenvalue weighted by molar-refractivity contribution is -0.129. The molecular formula is C23H24N4O2. The summed E-state index contributed by atoms with van der Waals surface area (Å²) >= 11 is 0. The van der Waals surface area contributed by atoms with Crippen molar-refractivity contribution in [3.8, 4) is 0 Å². The molecule has 148 valence electrons. The molecule has 0 aliphatic carbocycles. The highest BCUT2D eigenvalue weighted by atomic mass is 16.2. The van der Waals surface area contributed by atoms with Gasteiger partial charge in [0.15, 0.2) is 0 Å². The lowest BCUT2D eigenvalue weighted by atomic mass is 9.73. The van der Waals surface area contributed by atoms with Gasteiger partial charge >= 0.3 is 0 Å². The number of benzene rings is 2. The van der Waals surface area contributed by atoms with E-state index in [1.54, 1.807) is 24.5 Å². The van der Waals surface area contributed by atoms with Gasteiger partial charge in [0.05, 0.1) is 11.7 Å². The molecular weight excluding hydrogens is 364 g/mol. The van der Waals surface area contributed by atoms with E-state index in [4.69, 9.17) is 0 Å². The van der Waals surface area contributed by atoms with Crippen molar-refractivity contribution in [2.45, 2.75) is 24.8 Å². The van der Waals surface area contributed by atoms with Crippen LogP contribution in [0, 0.1) is 0 Å². The smallest absolute Gasteiger partial charge is 0.238 e. The average Bonchev–Trinajstić information content (AvgIpc) is 3.32. The fourth-order valence-electron chi connectivity index (χ4n) is 4.14. The Morgan fingerprint density at radius 1 is 1.10 bits per heavy atom. The minimum Gasteiger partial charge on any atom is -0.354 e. The quantitative estimate of drug-likeness (QED) is 0.676. The Morgan fingerprint density at radius 3 is 2.62 bits per heavy atom. The first kappa shape index (κ1) is 18.9. The van der Waals surface area contributed by atoms with E-state index < -0.39 is 5.41 Å². The van der Waals surface area contributed by atoms with Crippen molar-refractivity contribution in [1.82, 2.24) is 14.9 Å². The second-order valence-electron chi connectivity index (χ2n) is 7.45. The Labute approximate surface area is 170 Å². The molecule has 0 saturated heterocycles. The lowest BCUT2D eigenvalue weighted by Crippen LogP contribution is -2.44. The highest BCUT2D eigenvalue weighted by Gasteiger charge is 2.50. The topological polar surface area (TPSA) is 67.2 Å². The Balaban J connectivity index is 1.59. The maximum absolute atomic E-state index is 13.4. The Kier molecular flexibility index (Phi) is 5.16. The van der Waals surface area contributed by atoms with Crippen molar-refractivity contribution in [2.75, 3.05) is 18.5 Å². The van der Waals surface area contributed by atoms with Crippen LogP contribution in [0.4, 0.5) is 5.69 Å². The number of hydrogen-bond donors (Lipinski definition) is 1. The van der Waals surface area contributed by atoms with Gasteiger partial charge in [0, 0.05) is 44.6 Å².